The van der Waals surface area contributed by atoms with Crippen LogP contribution in [0.1, 0.15) is 11.1 Å². The first-order valence-corrected chi connectivity index (χ1v) is 13.7. The van der Waals surface area contributed by atoms with Crippen LogP contribution < -0.4 is 15.4 Å². The molecule has 3 aromatic carbocycles. The summed E-state index contributed by atoms with van der Waals surface area (Å²) < 4.78 is 27.6. The number of anilines is 1. The van der Waals surface area contributed by atoms with Gasteiger partial charge in [0.25, 0.3) is 0 Å². The van der Waals surface area contributed by atoms with Crippen LogP contribution in [-0.4, -0.2) is 36.6 Å². The van der Waals surface area contributed by atoms with E-state index in [-0.39, 0.29) is 17.3 Å². The van der Waals surface area contributed by atoms with E-state index < -0.39 is 22.0 Å². The Balaban J connectivity index is 1.39. The molecule has 39 heavy (non-hydrogen) atoms. The number of nitrogens with one attached hydrogen (secondary N) is 3. The Morgan fingerprint density at radius 1 is 0.897 bits per heavy atom. The molecule has 200 valence electrons. The molecule has 0 aliphatic carbocycles. The van der Waals surface area contributed by atoms with Crippen molar-refractivity contribution in [3.05, 3.63) is 113 Å². The number of aliphatic carboxylic acids is 1. The smallest absolute Gasteiger partial charge is 0.322 e. The summed E-state index contributed by atoms with van der Waals surface area (Å²) in [5.41, 5.74) is 3.79. The molecular weight excluding hydrogens is 540 g/mol. The molecule has 0 saturated heterocycles. The molecule has 2 amide bonds. The summed E-state index contributed by atoms with van der Waals surface area (Å²) in [6.07, 6.45) is 3.29. The number of rotatable bonds is 10. The lowest BCUT2D eigenvalue weighted by Gasteiger charge is -2.15. The second kappa shape index (κ2) is 12.5. The summed E-state index contributed by atoms with van der Waals surface area (Å²) in [6.45, 7) is 0.341. The van der Waals surface area contributed by atoms with Gasteiger partial charge < -0.3 is 15.7 Å². The molecule has 4 rings (SSSR count). The zero-order valence-corrected chi connectivity index (χ0v) is 22.1. The Hall–Kier alpha value is -4.25. The fourth-order valence-corrected chi connectivity index (χ4v) is 5.07. The Morgan fingerprint density at radius 2 is 1.64 bits per heavy atom. The lowest BCUT2D eigenvalue weighted by molar-refractivity contribution is -0.138. The van der Waals surface area contributed by atoms with E-state index in [1.807, 2.05) is 36.4 Å². The lowest BCUT2D eigenvalue weighted by atomic mass is 10.0. The van der Waals surface area contributed by atoms with Gasteiger partial charge in [0.1, 0.15) is 6.04 Å². The van der Waals surface area contributed by atoms with Crippen molar-refractivity contribution < 1.29 is 23.1 Å². The van der Waals surface area contributed by atoms with Crippen molar-refractivity contribution in [3.63, 3.8) is 0 Å². The summed E-state index contributed by atoms with van der Waals surface area (Å²) >= 11 is 5.81. The van der Waals surface area contributed by atoms with Crippen LogP contribution >= 0.6 is 11.6 Å². The van der Waals surface area contributed by atoms with Gasteiger partial charge >= 0.3 is 12.0 Å². The Bertz CT molecular complexity index is 1550. The second-order valence-corrected chi connectivity index (χ2v) is 10.8. The largest absolute Gasteiger partial charge is 0.480 e. The number of carboxylic acid groups (broad SMARTS) is 1. The SMILES string of the molecule is O=C(NCc1cccnc1)Nc1cccc(-c2ccc(C[C@H](NS(=O)(=O)c3ccc(Cl)cc3)C(=O)O)cc2)c1. The van der Waals surface area contributed by atoms with Gasteiger partial charge in [0.2, 0.25) is 10.0 Å². The maximum Gasteiger partial charge on any atom is 0.322 e. The van der Waals surface area contributed by atoms with Gasteiger partial charge in [-0.05, 0) is 71.1 Å². The number of carboxylic acids is 1. The summed E-state index contributed by atoms with van der Waals surface area (Å²) in [5.74, 6) is -1.29. The quantitative estimate of drug-likeness (QED) is 0.220. The van der Waals surface area contributed by atoms with Crippen LogP contribution in [0.15, 0.2) is 102 Å². The van der Waals surface area contributed by atoms with Crippen molar-refractivity contribution in [2.24, 2.45) is 0 Å². The fourth-order valence-electron chi connectivity index (χ4n) is 3.75. The van der Waals surface area contributed by atoms with Crippen molar-refractivity contribution in [1.82, 2.24) is 15.0 Å². The van der Waals surface area contributed by atoms with Crippen molar-refractivity contribution in [1.29, 1.82) is 0 Å². The third-order valence-corrected chi connectivity index (χ3v) is 7.48. The molecule has 1 heterocycles. The predicted molar refractivity (Wildman–Crippen MR) is 149 cm³/mol. The molecule has 11 heteroatoms. The summed E-state index contributed by atoms with van der Waals surface area (Å²) in [6, 6.07) is 21.8. The van der Waals surface area contributed by atoms with Gasteiger partial charge in [-0.3, -0.25) is 9.78 Å². The van der Waals surface area contributed by atoms with E-state index in [9.17, 15) is 23.1 Å². The molecule has 4 aromatic rings. The Morgan fingerprint density at radius 3 is 2.31 bits per heavy atom. The number of aromatic nitrogens is 1. The molecular formula is C28H25ClN4O5S. The first kappa shape index (κ1) is 27.8. The third kappa shape index (κ3) is 7.87. The monoisotopic (exact) mass is 564 g/mol. The van der Waals surface area contributed by atoms with Gasteiger partial charge in [-0.1, -0.05) is 54.1 Å². The number of halogens is 1. The van der Waals surface area contributed by atoms with Crippen molar-refractivity contribution in [2.45, 2.75) is 23.9 Å². The maximum absolute atomic E-state index is 12.7. The molecule has 0 aliphatic rings. The van der Waals surface area contributed by atoms with Crippen LogP contribution in [0.25, 0.3) is 11.1 Å². The zero-order chi connectivity index (χ0) is 27.8. The summed E-state index contributed by atoms with van der Waals surface area (Å²) in [4.78, 5) is 28.1. The standard InChI is InChI=1S/C28H25ClN4O5S/c29-23-10-12-25(13-11-23)39(37,38)33-26(27(34)35)15-19-6-8-21(9-7-19)22-4-1-5-24(16-22)32-28(36)31-18-20-3-2-14-30-17-20/h1-14,16-17,26,33H,15,18H2,(H,34,35)(H2,31,32,36)/t26-/m0/s1. The second-order valence-electron chi connectivity index (χ2n) is 8.62. The van der Waals surface area contributed by atoms with Crippen LogP contribution in [-0.2, 0) is 27.8 Å². The van der Waals surface area contributed by atoms with Crippen molar-refractivity contribution >= 4 is 39.3 Å². The lowest BCUT2D eigenvalue weighted by Crippen LogP contribution is -2.42. The molecule has 0 saturated carbocycles. The molecule has 0 radical (unpaired) electrons. The number of benzene rings is 3. The van der Waals surface area contributed by atoms with E-state index in [4.69, 9.17) is 11.6 Å². The van der Waals surface area contributed by atoms with Crippen LogP contribution in [0.4, 0.5) is 10.5 Å². The number of amides is 2. The number of carbonyl (C=O) groups is 2. The zero-order valence-electron chi connectivity index (χ0n) is 20.5. The minimum Gasteiger partial charge on any atom is -0.480 e. The van der Waals surface area contributed by atoms with Crippen LogP contribution in [0.2, 0.25) is 5.02 Å². The Labute approximate surface area is 230 Å². The van der Waals surface area contributed by atoms with E-state index >= 15 is 0 Å². The normalized spacial score (nSPS) is 11.9. The van der Waals surface area contributed by atoms with Gasteiger partial charge in [-0.2, -0.15) is 4.72 Å². The minimum absolute atomic E-state index is 0.0544. The number of hydrogen-bond acceptors (Lipinski definition) is 5. The molecule has 4 N–H and O–H groups in total. The van der Waals surface area contributed by atoms with Crippen LogP contribution in [0.3, 0.4) is 0 Å². The third-order valence-electron chi connectivity index (χ3n) is 5.74. The molecule has 1 atom stereocenters. The number of carbonyl (C=O) groups excluding carboxylic acids is 1. The molecule has 0 fully saturated rings. The van der Waals surface area contributed by atoms with Crippen LogP contribution in [0, 0.1) is 0 Å². The van der Waals surface area contributed by atoms with E-state index in [2.05, 4.69) is 20.3 Å². The highest BCUT2D eigenvalue weighted by Gasteiger charge is 2.25. The van der Waals surface area contributed by atoms with Crippen molar-refractivity contribution in [2.75, 3.05) is 5.32 Å². The fraction of sp³-hybridized carbons (Fsp3) is 0.107. The topological polar surface area (TPSA) is 137 Å². The molecule has 0 aliphatic heterocycles. The number of hydrogen-bond donors (Lipinski definition) is 4. The first-order valence-electron chi connectivity index (χ1n) is 11.8. The number of sulfonamides is 1. The van der Waals surface area contributed by atoms with E-state index in [1.165, 1.54) is 24.3 Å². The van der Waals surface area contributed by atoms with Crippen LogP contribution in [0.5, 0.6) is 0 Å². The summed E-state index contributed by atoms with van der Waals surface area (Å²) in [7, 11) is -4.06. The number of pyridine rings is 1. The predicted octanol–water partition coefficient (Wildman–Crippen LogP) is 4.70. The highest BCUT2D eigenvalue weighted by Crippen LogP contribution is 2.24. The minimum atomic E-state index is -4.06. The average Bonchev–Trinajstić information content (AvgIpc) is 2.93. The maximum atomic E-state index is 12.7. The van der Waals surface area contributed by atoms with Gasteiger partial charge in [-0.25, -0.2) is 13.2 Å². The average molecular weight is 565 g/mol. The molecule has 0 spiro atoms. The van der Waals surface area contributed by atoms with E-state index in [1.54, 1.807) is 36.7 Å². The highest BCUT2D eigenvalue weighted by atomic mass is 35.5. The number of urea groups is 1. The van der Waals surface area contributed by atoms with E-state index in [0.717, 1.165) is 16.7 Å². The van der Waals surface area contributed by atoms with Crippen molar-refractivity contribution in [3.8, 4) is 11.1 Å². The highest BCUT2D eigenvalue weighted by molar-refractivity contribution is 7.89. The van der Waals surface area contributed by atoms with Gasteiger partial charge in [0.15, 0.2) is 0 Å². The Kier molecular flexibility index (Phi) is 8.92. The molecule has 1 aromatic heterocycles. The van der Waals surface area contributed by atoms with E-state index in [0.29, 0.717) is 22.8 Å². The number of nitrogens with zero attached hydrogens (tertiary/aromatic N) is 1. The first-order chi connectivity index (χ1) is 18.7. The summed E-state index contributed by atoms with van der Waals surface area (Å²) in [5, 5.41) is 15.6. The molecule has 0 bridgehead atoms. The molecule has 9 nitrogen and oxygen atoms in total. The van der Waals surface area contributed by atoms with Gasteiger partial charge in [0.05, 0.1) is 4.90 Å². The van der Waals surface area contributed by atoms with Gasteiger partial charge in [0, 0.05) is 29.6 Å². The van der Waals surface area contributed by atoms with Gasteiger partial charge in [-0.15, -0.1) is 0 Å². The molecule has 0 unspecified atom stereocenters.